The molecule has 0 bridgehead atoms. The zero-order valence-corrected chi connectivity index (χ0v) is 27.6. The molecule has 3 aromatic carbocycles. The van der Waals surface area contributed by atoms with E-state index in [0.29, 0.717) is 18.8 Å². The van der Waals surface area contributed by atoms with Crippen molar-refractivity contribution in [3.8, 4) is 5.75 Å². The highest BCUT2D eigenvalue weighted by Crippen LogP contribution is 2.33. The number of nitrogens with zero attached hydrogens (tertiary/aromatic N) is 2. The van der Waals surface area contributed by atoms with Gasteiger partial charge in [0.05, 0.1) is 17.2 Å². The summed E-state index contributed by atoms with van der Waals surface area (Å²) in [4.78, 5) is 30.6. The number of carbonyl (C=O) groups is 2. The number of sulfonamides is 1. The van der Waals surface area contributed by atoms with Gasteiger partial charge in [0, 0.05) is 17.5 Å². The van der Waals surface area contributed by atoms with Crippen LogP contribution in [-0.2, 0) is 26.2 Å². The van der Waals surface area contributed by atoms with Gasteiger partial charge in [0.2, 0.25) is 11.8 Å². The molecule has 3 aromatic rings. The van der Waals surface area contributed by atoms with Crippen LogP contribution < -0.4 is 14.4 Å². The third-order valence-electron chi connectivity index (χ3n) is 8.05. The molecule has 0 aromatic heterocycles. The van der Waals surface area contributed by atoms with Gasteiger partial charge in [0.1, 0.15) is 18.3 Å². The van der Waals surface area contributed by atoms with E-state index in [4.69, 9.17) is 4.74 Å². The van der Waals surface area contributed by atoms with Gasteiger partial charge in [0.25, 0.3) is 10.0 Å². The minimum absolute atomic E-state index is 0.0610. The molecule has 4 rings (SSSR count). The maximum atomic E-state index is 14.4. The molecule has 236 valence electrons. The number of rotatable bonds is 14. The zero-order chi connectivity index (χ0) is 31.7. The number of anilines is 1. The lowest BCUT2D eigenvalue weighted by Gasteiger charge is -2.34. The number of benzene rings is 3. The van der Waals surface area contributed by atoms with Gasteiger partial charge in [-0.3, -0.25) is 13.9 Å². The van der Waals surface area contributed by atoms with Crippen molar-refractivity contribution in [1.82, 2.24) is 10.2 Å². The molecular weight excluding hydrogens is 595 g/mol. The van der Waals surface area contributed by atoms with Gasteiger partial charge < -0.3 is 15.0 Å². The smallest absolute Gasteiger partial charge is 0.264 e. The van der Waals surface area contributed by atoms with E-state index in [2.05, 4.69) is 5.32 Å². The van der Waals surface area contributed by atoms with Crippen LogP contribution in [0, 0.1) is 6.92 Å². The van der Waals surface area contributed by atoms with Crippen molar-refractivity contribution in [3.05, 3.63) is 83.9 Å². The van der Waals surface area contributed by atoms with Gasteiger partial charge in [-0.15, -0.1) is 11.8 Å². The van der Waals surface area contributed by atoms with Crippen LogP contribution in [0.1, 0.15) is 57.1 Å². The van der Waals surface area contributed by atoms with Gasteiger partial charge in [-0.25, -0.2) is 8.42 Å². The second-order valence-corrected chi connectivity index (χ2v) is 13.7. The molecule has 0 spiro atoms. The lowest BCUT2D eigenvalue weighted by atomic mass is 10.1. The van der Waals surface area contributed by atoms with Crippen LogP contribution in [0.5, 0.6) is 5.75 Å². The molecule has 0 aliphatic heterocycles. The quantitative estimate of drug-likeness (QED) is 0.212. The number of ether oxygens (including phenoxy) is 1. The van der Waals surface area contributed by atoms with Crippen LogP contribution in [0.3, 0.4) is 0 Å². The molecule has 0 saturated heterocycles. The Morgan fingerprint density at radius 2 is 1.64 bits per heavy atom. The number of para-hydroxylation sites is 2. The predicted octanol–water partition coefficient (Wildman–Crippen LogP) is 6.18. The summed E-state index contributed by atoms with van der Waals surface area (Å²) in [7, 11) is -4.20. The minimum Gasteiger partial charge on any atom is -0.492 e. The Hall–Kier alpha value is -3.50. The van der Waals surface area contributed by atoms with Gasteiger partial charge in [0.15, 0.2) is 0 Å². The number of aryl methyl sites for hydroxylation is 1. The first-order chi connectivity index (χ1) is 21.2. The number of carbonyl (C=O) groups excluding carboxylic acids is 2. The maximum absolute atomic E-state index is 14.4. The van der Waals surface area contributed by atoms with Crippen LogP contribution in [-0.4, -0.2) is 56.6 Å². The highest BCUT2D eigenvalue weighted by Gasteiger charge is 2.35. The Bertz CT molecular complexity index is 1520. The first-order valence-corrected chi connectivity index (χ1v) is 17.9. The molecule has 44 heavy (non-hydrogen) atoms. The Labute approximate surface area is 266 Å². The molecule has 1 fully saturated rings. The van der Waals surface area contributed by atoms with E-state index in [-0.39, 0.29) is 29.1 Å². The number of hydrogen-bond acceptors (Lipinski definition) is 6. The Kier molecular flexibility index (Phi) is 11.7. The van der Waals surface area contributed by atoms with Crippen molar-refractivity contribution >= 4 is 39.3 Å². The number of amides is 2. The van der Waals surface area contributed by atoms with Crippen molar-refractivity contribution in [2.45, 2.75) is 81.3 Å². The molecule has 1 saturated carbocycles. The molecule has 1 aliphatic rings. The van der Waals surface area contributed by atoms with Crippen molar-refractivity contribution < 1.29 is 22.7 Å². The fourth-order valence-corrected chi connectivity index (χ4v) is 7.42. The minimum atomic E-state index is -4.20. The van der Waals surface area contributed by atoms with Crippen LogP contribution in [0.25, 0.3) is 0 Å². The molecule has 0 radical (unpaired) electrons. The van der Waals surface area contributed by atoms with E-state index < -0.39 is 28.5 Å². The highest BCUT2D eigenvalue weighted by atomic mass is 32.2. The summed E-state index contributed by atoms with van der Waals surface area (Å²) in [5.74, 6) is -0.334. The molecule has 1 atom stereocenters. The monoisotopic (exact) mass is 637 g/mol. The van der Waals surface area contributed by atoms with E-state index in [0.717, 1.165) is 46.0 Å². The van der Waals surface area contributed by atoms with Crippen molar-refractivity contribution in [3.63, 3.8) is 0 Å². The standard InChI is InChI=1S/C34H43N3O5S2/c1-5-30(34(39)35-27-15-9-10-16-27)36(23-26-14-8-7-13-25(26)3)33(38)24-37(31-17-11-12-18-32(31)42-6-2)44(40,41)29-21-19-28(43-4)20-22-29/h7-8,11-14,17-22,27,30H,5-6,9-10,15-16,23-24H2,1-4H3,(H,35,39)/t30-/m0/s1. The number of hydrogen-bond donors (Lipinski definition) is 1. The molecule has 10 heteroatoms. The van der Waals surface area contributed by atoms with Gasteiger partial charge in [-0.05, 0) is 86.9 Å². The van der Waals surface area contributed by atoms with Gasteiger partial charge in [-0.2, -0.15) is 0 Å². The summed E-state index contributed by atoms with van der Waals surface area (Å²) >= 11 is 1.51. The maximum Gasteiger partial charge on any atom is 0.264 e. The normalized spacial score (nSPS) is 14.2. The van der Waals surface area contributed by atoms with Gasteiger partial charge >= 0.3 is 0 Å². The van der Waals surface area contributed by atoms with Crippen LogP contribution in [0.4, 0.5) is 5.69 Å². The summed E-state index contributed by atoms with van der Waals surface area (Å²) in [5, 5.41) is 3.16. The Morgan fingerprint density at radius 1 is 0.977 bits per heavy atom. The van der Waals surface area contributed by atoms with Gasteiger partial charge in [-0.1, -0.05) is 56.2 Å². The predicted molar refractivity (Wildman–Crippen MR) is 177 cm³/mol. The summed E-state index contributed by atoms with van der Waals surface area (Å²) < 4.78 is 35.5. The second-order valence-electron chi connectivity index (χ2n) is 11.0. The molecule has 8 nitrogen and oxygen atoms in total. The first kappa shape index (κ1) is 33.4. The van der Waals surface area contributed by atoms with Crippen LogP contribution in [0.15, 0.2) is 82.6 Å². The average Bonchev–Trinajstić information content (AvgIpc) is 3.54. The first-order valence-electron chi connectivity index (χ1n) is 15.2. The van der Waals surface area contributed by atoms with Crippen molar-refractivity contribution in [1.29, 1.82) is 0 Å². The zero-order valence-electron chi connectivity index (χ0n) is 26.0. The lowest BCUT2D eigenvalue weighted by molar-refractivity contribution is -0.140. The fraction of sp³-hybridized carbons (Fsp3) is 0.412. The number of nitrogens with one attached hydrogen (secondary N) is 1. The Morgan fingerprint density at radius 3 is 2.27 bits per heavy atom. The van der Waals surface area contributed by atoms with E-state index in [9.17, 15) is 18.0 Å². The highest BCUT2D eigenvalue weighted by molar-refractivity contribution is 7.98. The molecule has 2 amide bonds. The van der Waals surface area contributed by atoms with E-state index >= 15 is 0 Å². The second kappa shape index (κ2) is 15.5. The van der Waals surface area contributed by atoms with Crippen molar-refractivity contribution in [2.24, 2.45) is 0 Å². The average molecular weight is 638 g/mol. The fourth-order valence-electron chi connectivity index (χ4n) is 5.59. The number of thioether (sulfide) groups is 1. The SMILES string of the molecule is CCOc1ccccc1N(CC(=O)N(Cc1ccccc1C)[C@@H](CC)C(=O)NC1CCCC1)S(=O)(=O)c1ccc(SC)cc1. The molecule has 1 N–H and O–H groups in total. The summed E-state index contributed by atoms with van der Waals surface area (Å²) in [6, 6.07) is 20.5. The van der Waals surface area contributed by atoms with Crippen LogP contribution >= 0.6 is 11.8 Å². The lowest BCUT2D eigenvalue weighted by Crippen LogP contribution is -2.53. The summed E-state index contributed by atoms with van der Waals surface area (Å²) in [6.07, 6.45) is 6.28. The van der Waals surface area contributed by atoms with Crippen LogP contribution in [0.2, 0.25) is 0 Å². The molecule has 1 aliphatic carbocycles. The van der Waals surface area contributed by atoms with Crippen molar-refractivity contribution in [2.75, 3.05) is 23.7 Å². The van der Waals surface area contributed by atoms with E-state index in [1.165, 1.54) is 16.7 Å². The summed E-state index contributed by atoms with van der Waals surface area (Å²) in [6.45, 7) is 5.65. The topological polar surface area (TPSA) is 96.0 Å². The molecule has 0 unspecified atom stereocenters. The third-order valence-corrected chi connectivity index (χ3v) is 10.6. The Balaban J connectivity index is 1.76. The van der Waals surface area contributed by atoms with E-state index in [1.54, 1.807) is 48.5 Å². The molecular formula is C34H43N3O5S2. The van der Waals surface area contributed by atoms with E-state index in [1.807, 2.05) is 51.3 Å². The largest absolute Gasteiger partial charge is 0.492 e. The summed E-state index contributed by atoms with van der Waals surface area (Å²) in [5.41, 5.74) is 2.14. The molecule has 0 heterocycles. The third kappa shape index (κ3) is 7.95.